The average molecular weight is 316 g/mol. The van der Waals surface area contributed by atoms with Crippen LogP contribution in [0, 0.1) is 10.8 Å². The molecule has 1 aromatic carbocycles. The molecule has 0 radical (unpaired) electrons. The zero-order valence-corrected chi connectivity index (χ0v) is 14.8. The van der Waals surface area contributed by atoms with Gasteiger partial charge in [-0.05, 0) is 98.3 Å². The summed E-state index contributed by atoms with van der Waals surface area (Å²) in [6.45, 7) is 4.69. The van der Waals surface area contributed by atoms with E-state index < -0.39 is 0 Å². The number of rotatable bonds is 9. The number of phenols is 2. The van der Waals surface area contributed by atoms with E-state index in [9.17, 15) is 10.2 Å². The highest BCUT2D eigenvalue weighted by atomic mass is 16.3. The van der Waals surface area contributed by atoms with E-state index in [1.165, 1.54) is 68.9 Å². The van der Waals surface area contributed by atoms with Crippen LogP contribution in [0.5, 0.6) is 11.5 Å². The molecule has 0 spiro atoms. The van der Waals surface area contributed by atoms with E-state index in [4.69, 9.17) is 0 Å². The van der Waals surface area contributed by atoms with Gasteiger partial charge in [0.1, 0.15) is 0 Å². The number of hydrogen-bond acceptors (Lipinski definition) is 2. The molecule has 128 valence electrons. The van der Waals surface area contributed by atoms with Gasteiger partial charge in [0.05, 0.1) is 0 Å². The first-order valence-corrected chi connectivity index (χ1v) is 9.49. The summed E-state index contributed by atoms with van der Waals surface area (Å²) in [4.78, 5) is 0. The summed E-state index contributed by atoms with van der Waals surface area (Å²) in [6, 6.07) is 3.60. The first-order chi connectivity index (χ1) is 11.0. The molecule has 0 aromatic heterocycles. The maximum Gasteiger partial charge on any atom is 0.157 e. The van der Waals surface area contributed by atoms with Gasteiger partial charge in [-0.1, -0.05) is 20.3 Å². The van der Waals surface area contributed by atoms with Gasteiger partial charge < -0.3 is 10.2 Å². The third-order valence-electron chi connectivity index (χ3n) is 6.49. The topological polar surface area (TPSA) is 40.5 Å². The van der Waals surface area contributed by atoms with E-state index in [1.54, 1.807) is 12.1 Å². The van der Waals surface area contributed by atoms with Crippen molar-refractivity contribution in [1.82, 2.24) is 0 Å². The van der Waals surface area contributed by atoms with Gasteiger partial charge in [-0.15, -0.1) is 0 Å². The van der Waals surface area contributed by atoms with Crippen molar-refractivity contribution in [1.29, 1.82) is 0 Å². The smallest absolute Gasteiger partial charge is 0.157 e. The molecule has 0 atom stereocenters. The van der Waals surface area contributed by atoms with Gasteiger partial charge in [0, 0.05) is 0 Å². The lowest BCUT2D eigenvalue weighted by Crippen LogP contribution is -2.02. The van der Waals surface area contributed by atoms with Crippen molar-refractivity contribution in [2.45, 2.75) is 84.5 Å². The van der Waals surface area contributed by atoms with E-state index in [0.29, 0.717) is 10.8 Å². The Morgan fingerprint density at radius 3 is 1.83 bits per heavy atom. The number of hydrogen-bond donors (Lipinski definition) is 2. The monoisotopic (exact) mass is 316 g/mol. The van der Waals surface area contributed by atoms with Crippen molar-refractivity contribution in [2.75, 3.05) is 0 Å². The van der Waals surface area contributed by atoms with Crippen molar-refractivity contribution < 1.29 is 10.2 Å². The lowest BCUT2D eigenvalue weighted by molar-refractivity contribution is 0.401. The summed E-state index contributed by atoms with van der Waals surface area (Å²) < 4.78 is 0. The Morgan fingerprint density at radius 1 is 0.870 bits per heavy atom. The van der Waals surface area contributed by atoms with Crippen LogP contribution in [0.3, 0.4) is 0 Å². The van der Waals surface area contributed by atoms with Gasteiger partial charge >= 0.3 is 0 Å². The molecular formula is C21H32O2. The zero-order valence-electron chi connectivity index (χ0n) is 14.8. The lowest BCUT2D eigenvalue weighted by atomic mass is 9.91. The van der Waals surface area contributed by atoms with Crippen LogP contribution in [0.15, 0.2) is 12.1 Å². The standard InChI is InChI=1S/C21H32O2/c1-3-21(12-13-21)9-5-7-17-15-19(23)18(22)14-16(17)6-4-8-20(2)10-11-20/h14-15,22-23H,3-13H2,1-2H3. The predicted octanol–water partition coefficient (Wildman–Crippen LogP) is 5.73. The van der Waals surface area contributed by atoms with E-state index in [0.717, 1.165) is 12.8 Å². The number of aromatic hydroxyl groups is 2. The summed E-state index contributed by atoms with van der Waals surface area (Å²) in [5, 5.41) is 19.7. The van der Waals surface area contributed by atoms with Gasteiger partial charge in [-0.25, -0.2) is 0 Å². The maximum absolute atomic E-state index is 9.86. The van der Waals surface area contributed by atoms with E-state index >= 15 is 0 Å². The normalized spacial score (nSPS) is 20.4. The van der Waals surface area contributed by atoms with E-state index in [2.05, 4.69) is 13.8 Å². The Kier molecular flexibility index (Phi) is 4.62. The molecule has 3 rings (SSSR count). The fourth-order valence-electron chi connectivity index (χ4n) is 3.91. The highest BCUT2D eigenvalue weighted by Crippen LogP contribution is 2.52. The van der Waals surface area contributed by atoms with Crippen molar-refractivity contribution in [3.8, 4) is 11.5 Å². The Balaban J connectivity index is 1.58. The first kappa shape index (κ1) is 16.7. The Bertz CT molecular complexity index is 553. The minimum atomic E-state index is 0.0357. The van der Waals surface area contributed by atoms with Crippen LogP contribution in [0.2, 0.25) is 0 Å². The number of aryl methyl sites for hydroxylation is 2. The van der Waals surface area contributed by atoms with Crippen LogP contribution in [0.4, 0.5) is 0 Å². The Hall–Kier alpha value is -1.18. The second-order valence-electron chi connectivity index (χ2n) is 8.48. The zero-order chi connectivity index (χ0) is 16.5. The van der Waals surface area contributed by atoms with Crippen molar-refractivity contribution in [3.63, 3.8) is 0 Å². The Morgan fingerprint density at radius 2 is 1.39 bits per heavy atom. The minimum Gasteiger partial charge on any atom is -0.504 e. The van der Waals surface area contributed by atoms with Gasteiger partial charge in [0.2, 0.25) is 0 Å². The molecule has 0 unspecified atom stereocenters. The summed E-state index contributed by atoms with van der Waals surface area (Å²) in [6.07, 6.45) is 13.9. The number of phenolic OH excluding ortho intramolecular Hbond substituents is 2. The van der Waals surface area contributed by atoms with Crippen molar-refractivity contribution >= 4 is 0 Å². The van der Waals surface area contributed by atoms with Crippen LogP contribution in [-0.2, 0) is 12.8 Å². The molecule has 0 bridgehead atoms. The highest BCUT2D eigenvalue weighted by molar-refractivity contribution is 5.45. The van der Waals surface area contributed by atoms with Crippen LogP contribution in [0.1, 0.15) is 82.8 Å². The largest absolute Gasteiger partial charge is 0.504 e. The molecular weight excluding hydrogens is 284 g/mol. The van der Waals surface area contributed by atoms with Gasteiger partial charge in [0.25, 0.3) is 0 Å². The number of benzene rings is 1. The molecule has 23 heavy (non-hydrogen) atoms. The highest BCUT2D eigenvalue weighted by Gasteiger charge is 2.39. The summed E-state index contributed by atoms with van der Waals surface area (Å²) in [7, 11) is 0. The van der Waals surface area contributed by atoms with Crippen molar-refractivity contribution in [2.24, 2.45) is 10.8 Å². The summed E-state index contributed by atoms with van der Waals surface area (Å²) in [5.74, 6) is 0.0723. The molecule has 2 saturated carbocycles. The van der Waals surface area contributed by atoms with Gasteiger partial charge in [0.15, 0.2) is 11.5 Å². The fraction of sp³-hybridized carbons (Fsp3) is 0.714. The van der Waals surface area contributed by atoms with Crippen LogP contribution >= 0.6 is 0 Å². The molecule has 2 nitrogen and oxygen atoms in total. The van der Waals surface area contributed by atoms with Crippen molar-refractivity contribution in [3.05, 3.63) is 23.3 Å². The van der Waals surface area contributed by atoms with E-state index in [1.807, 2.05) is 0 Å². The van der Waals surface area contributed by atoms with Gasteiger partial charge in [-0.2, -0.15) is 0 Å². The van der Waals surface area contributed by atoms with Gasteiger partial charge in [-0.3, -0.25) is 0 Å². The maximum atomic E-state index is 9.86. The molecule has 0 aliphatic heterocycles. The molecule has 0 amide bonds. The predicted molar refractivity (Wildman–Crippen MR) is 94.9 cm³/mol. The molecule has 2 heteroatoms. The van der Waals surface area contributed by atoms with Crippen LogP contribution in [0.25, 0.3) is 0 Å². The fourth-order valence-corrected chi connectivity index (χ4v) is 3.91. The third kappa shape index (κ3) is 4.22. The molecule has 1 aromatic rings. The molecule has 0 heterocycles. The molecule has 2 fully saturated rings. The molecule has 0 saturated heterocycles. The molecule has 2 aliphatic rings. The summed E-state index contributed by atoms with van der Waals surface area (Å²) in [5.41, 5.74) is 3.72. The van der Waals surface area contributed by atoms with E-state index in [-0.39, 0.29) is 11.5 Å². The Labute approximate surface area is 140 Å². The molecule has 2 aliphatic carbocycles. The second-order valence-corrected chi connectivity index (χ2v) is 8.48. The quantitative estimate of drug-likeness (QED) is 0.571. The average Bonchev–Trinajstić information content (AvgIpc) is 3.43. The second kappa shape index (κ2) is 6.37. The summed E-state index contributed by atoms with van der Waals surface area (Å²) >= 11 is 0. The molecule has 2 N–H and O–H groups in total. The van der Waals surface area contributed by atoms with Crippen LogP contribution in [-0.4, -0.2) is 10.2 Å². The third-order valence-corrected chi connectivity index (χ3v) is 6.49. The SMILES string of the molecule is CCC1(CCCc2cc(O)c(O)cc2CCCC2(C)CC2)CC1. The first-order valence-electron chi connectivity index (χ1n) is 9.49. The lowest BCUT2D eigenvalue weighted by Gasteiger charge is -2.15. The minimum absolute atomic E-state index is 0.0357. The van der Waals surface area contributed by atoms with Crippen LogP contribution < -0.4 is 0 Å².